The molecule has 0 aliphatic heterocycles. The van der Waals surface area contributed by atoms with Crippen molar-refractivity contribution in [2.75, 3.05) is 13.2 Å². The number of para-hydroxylation sites is 1. The van der Waals surface area contributed by atoms with Crippen LogP contribution >= 0.6 is 11.6 Å². The summed E-state index contributed by atoms with van der Waals surface area (Å²) in [7, 11) is 0. The lowest BCUT2D eigenvalue weighted by molar-refractivity contribution is -0.146. The second-order valence-corrected chi connectivity index (χ2v) is 4.60. The monoisotopic (exact) mass is 312 g/mol. The number of benzene rings is 1. The largest absolute Gasteiger partial charge is 0.480 e. The molecule has 1 aromatic carbocycles. The van der Waals surface area contributed by atoms with Crippen molar-refractivity contribution in [3.63, 3.8) is 0 Å². The Bertz CT molecular complexity index is 525. The normalized spacial score (nSPS) is 10.6. The summed E-state index contributed by atoms with van der Waals surface area (Å²) < 4.78 is 10.3. The first-order chi connectivity index (χ1) is 10.0. The van der Waals surface area contributed by atoms with Crippen LogP contribution in [0.15, 0.2) is 24.3 Å². The summed E-state index contributed by atoms with van der Waals surface area (Å²) in [6.45, 7) is 2.07. The van der Waals surface area contributed by atoms with Gasteiger partial charge >= 0.3 is 11.9 Å². The molecule has 1 rings (SSSR count). The van der Waals surface area contributed by atoms with E-state index in [2.05, 4.69) is 0 Å². The smallest absolute Gasteiger partial charge is 0.344 e. The number of esters is 1. The van der Waals surface area contributed by atoms with Crippen molar-refractivity contribution < 1.29 is 24.2 Å². The number of carbonyl (C=O) groups excluding carboxylic acids is 1. The number of rotatable bonds is 8. The number of aliphatic carboxylic acids is 1. The van der Waals surface area contributed by atoms with Gasteiger partial charge in [0.25, 0.3) is 0 Å². The second kappa shape index (κ2) is 9.02. The Balaban J connectivity index is 2.69. The average molecular weight is 313 g/mol. The molecule has 0 atom stereocenters. The van der Waals surface area contributed by atoms with Gasteiger partial charge in [-0.15, -0.1) is 0 Å². The van der Waals surface area contributed by atoms with Crippen molar-refractivity contribution >= 4 is 29.6 Å². The molecule has 0 bridgehead atoms. The molecule has 0 fully saturated rings. The van der Waals surface area contributed by atoms with E-state index in [9.17, 15) is 9.59 Å². The number of ether oxygens (including phenoxy) is 2. The predicted molar refractivity (Wildman–Crippen MR) is 79.5 cm³/mol. The van der Waals surface area contributed by atoms with Gasteiger partial charge in [-0.05, 0) is 18.6 Å². The van der Waals surface area contributed by atoms with Crippen LogP contribution in [-0.4, -0.2) is 30.3 Å². The SMILES string of the molecule is CCCCOC(=O)COc1c(Cl)cccc1/C=C/C(=O)O. The van der Waals surface area contributed by atoms with E-state index in [0.29, 0.717) is 17.2 Å². The molecule has 1 aromatic rings. The zero-order chi connectivity index (χ0) is 15.7. The zero-order valence-electron chi connectivity index (χ0n) is 11.7. The number of halogens is 1. The van der Waals surface area contributed by atoms with Crippen molar-refractivity contribution in [3.8, 4) is 5.75 Å². The fourth-order valence-corrected chi connectivity index (χ4v) is 1.71. The molecule has 6 heteroatoms. The Kier molecular flexibility index (Phi) is 7.32. The van der Waals surface area contributed by atoms with Crippen molar-refractivity contribution in [1.29, 1.82) is 0 Å². The van der Waals surface area contributed by atoms with Crippen LogP contribution in [0.4, 0.5) is 0 Å². The Morgan fingerprint density at radius 2 is 2.14 bits per heavy atom. The van der Waals surface area contributed by atoms with Crippen LogP contribution in [0.2, 0.25) is 5.02 Å². The lowest BCUT2D eigenvalue weighted by Gasteiger charge is -2.10. The van der Waals surface area contributed by atoms with Crippen LogP contribution in [0.5, 0.6) is 5.75 Å². The standard InChI is InChI=1S/C15H17ClO5/c1-2-3-9-20-14(19)10-21-15-11(7-8-13(17)18)5-4-6-12(15)16/h4-8H,2-3,9-10H2,1H3,(H,17,18)/b8-7+. The van der Waals surface area contributed by atoms with Gasteiger partial charge in [-0.2, -0.15) is 0 Å². The third-order valence-corrected chi connectivity index (χ3v) is 2.80. The molecule has 0 saturated heterocycles. The molecule has 1 N–H and O–H groups in total. The second-order valence-electron chi connectivity index (χ2n) is 4.19. The Labute approximate surface area is 128 Å². The minimum Gasteiger partial charge on any atom is -0.480 e. The Morgan fingerprint density at radius 1 is 1.38 bits per heavy atom. The highest BCUT2D eigenvalue weighted by molar-refractivity contribution is 6.32. The maximum absolute atomic E-state index is 11.5. The highest BCUT2D eigenvalue weighted by atomic mass is 35.5. The molecule has 0 unspecified atom stereocenters. The maximum Gasteiger partial charge on any atom is 0.344 e. The molecular formula is C15H17ClO5. The number of unbranched alkanes of at least 4 members (excludes halogenated alkanes) is 1. The van der Waals surface area contributed by atoms with Crippen molar-refractivity contribution in [2.45, 2.75) is 19.8 Å². The summed E-state index contributed by atoms with van der Waals surface area (Å²) >= 11 is 6.00. The predicted octanol–water partition coefficient (Wildman–Crippen LogP) is 3.16. The van der Waals surface area contributed by atoms with Gasteiger partial charge in [-0.3, -0.25) is 0 Å². The molecule has 0 aromatic heterocycles. The lowest BCUT2D eigenvalue weighted by Crippen LogP contribution is -2.16. The molecule has 5 nitrogen and oxygen atoms in total. The van der Waals surface area contributed by atoms with Gasteiger partial charge < -0.3 is 14.6 Å². The minimum atomic E-state index is -1.08. The fraction of sp³-hybridized carbons (Fsp3) is 0.333. The molecule has 0 amide bonds. The molecule has 114 valence electrons. The van der Waals surface area contributed by atoms with Gasteiger partial charge in [0, 0.05) is 11.6 Å². The molecule has 0 aliphatic rings. The molecule has 0 radical (unpaired) electrons. The zero-order valence-corrected chi connectivity index (χ0v) is 12.4. The third kappa shape index (κ3) is 6.31. The van der Waals surface area contributed by atoms with E-state index < -0.39 is 11.9 Å². The molecule has 0 heterocycles. The summed E-state index contributed by atoms with van der Waals surface area (Å²) in [4.78, 5) is 22.0. The Hall–Kier alpha value is -2.01. The quantitative estimate of drug-likeness (QED) is 0.453. The van der Waals surface area contributed by atoms with E-state index >= 15 is 0 Å². The van der Waals surface area contributed by atoms with Gasteiger partial charge in [-0.25, -0.2) is 9.59 Å². The van der Waals surface area contributed by atoms with Gasteiger partial charge in [0.1, 0.15) is 5.75 Å². The van der Waals surface area contributed by atoms with E-state index in [1.54, 1.807) is 18.2 Å². The summed E-state index contributed by atoms with van der Waals surface area (Å²) in [5.74, 6) is -1.32. The Morgan fingerprint density at radius 3 is 2.81 bits per heavy atom. The number of carbonyl (C=O) groups is 2. The van der Waals surface area contributed by atoms with Crippen LogP contribution in [0.25, 0.3) is 6.08 Å². The molecule has 21 heavy (non-hydrogen) atoms. The number of carboxylic acids is 1. The van der Waals surface area contributed by atoms with Gasteiger partial charge in [0.15, 0.2) is 6.61 Å². The van der Waals surface area contributed by atoms with Crippen molar-refractivity contribution in [1.82, 2.24) is 0 Å². The number of carboxylic acid groups (broad SMARTS) is 1. The van der Waals surface area contributed by atoms with Crippen molar-refractivity contribution in [2.24, 2.45) is 0 Å². The van der Waals surface area contributed by atoms with Crippen molar-refractivity contribution in [3.05, 3.63) is 34.9 Å². The number of hydrogen-bond acceptors (Lipinski definition) is 4. The van der Waals surface area contributed by atoms with Crippen LogP contribution in [0, 0.1) is 0 Å². The summed E-state index contributed by atoms with van der Waals surface area (Å²) in [6.07, 6.45) is 4.05. The van der Waals surface area contributed by atoms with E-state index in [0.717, 1.165) is 18.9 Å². The van der Waals surface area contributed by atoms with Gasteiger partial charge in [0.2, 0.25) is 0 Å². The first kappa shape index (κ1) is 17.0. The summed E-state index contributed by atoms with van der Waals surface area (Å²) in [5, 5.41) is 8.93. The molecule has 0 saturated carbocycles. The molecular weight excluding hydrogens is 296 g/mol. The van der Waals surface area contributed by atoms with E-state index in [1.807, 2.05) is 6.92 Å². The van der Waals surface area contributed by atoms with E-state index in [4.69, 9.17) is 26.2 Å². The van der Waals surface area contributed by atoms with Gasteiger partial charge in [-0.1, -0.05) is 37.1 Å². The van der Waals surface area contributed by atoms with Crippen LogP contribution in [0.1, 0.15) is 25.3 Å². The van der Waals surface area contributed by atoms with Crippen LogP contribution < -0.4 is 4.74 Å². The maximum atomic E-state index is 11.5. The molecule has 0 spiro atoms. The van der Waals surface area contributed by atoms with E-state index in [1.165, 1.54) is 6.08 Å². The topological polar surface area (TPSA) is 72.8 Å². The fourth-order valence-electron chi connectivity index (χ4n) is 1.47. The average Bonchev–Trinajstić information content (AvgIpc) is 2.44. The number of hydrogen-bond donors (Lipinski definition) is 1. The highest BCUT2D eigenvalue weighted by Crippen LogP contribution is 2.29. The van der Waals surface area contributed by atoms with E-state index in [-0.39, 0.29) is 12.4 Å². The summed E-state index contributed by atoms with van der Waals surface area (Å²) in [6, 6.07) is 4.90. The molecule has 0 aliphatic carbocycles. The third-order valence-electron chi connectivity index (χ3n) is 2.50. The van der Waals surface area contributed by atoms with Crippen LogP contribution in [0.3, 0.4) is 0 Å². The first-order valence-corrected chi connectivity index (χ1v) is 6.90. The van der Waals surface area contributed by atoms with Gasteiger partial charge in [0.05, 0.1) is 11.6 Å². The summed E-state index contributed by atoms with van der Waals surface area (Å²) in [5.41, 5.74) is 0.478. The first-order valence-electron chi connectivity index (χ1n) is 6.52. The minimum absolute atomic E-state index is 0.254. The van der Waals surface area contributed by atoms with Crippen LogP contribution in [-0.2, 0) is 14.3 Å². The lowest BCUT2D eigenvalue weighted by atomic mass is 10.2. The highest BCUT2D eigenvalue weighted by Gasteiger charge is 2.10.